The quantitative estimate of drug-likeness (QED) is 0.683. The number of aliphatic carboxylic acids is 1. The van der Waals surface area contributed by atoms with E-state index in [-0.39, 0.29) is 5.57 Å². The molecule has 0 heterocycles. The van der Waals surface area contributed by atoms with E-state index in [1.54, 1.807) is 0 Å². The Morgan fingerprint density at radius 2 is 2.07 bits per heavy atom. The zero-order valence-electron chi connectivity index (χ0n) is 7.91. The summed E-state index contributed by atoms with van der Waals surface area (Å²) in [5.41, 5.74) is 0.0139. The highest BCUT2D eigenvalue weighted by atomic mass is 32.2. The number of carboxylic acids is 1. The molecule has 2 N–H and O–H groups in total. The van der Waals surface area contributed by atoms with Gasteiger partial charge in [-0.1, -0.05) is 24.3 Å². The Morgan fingerprint density at radius 1 is 1.47 bits per heavy atom. The summed E-state index contributed by atoms with van der Waals surface area (Å²) in [7, 11) is -4.75. The molecule has 1 atom stereocenters. The number of allylic oxidation sites excluding steroid dienone is 4. The van der Waals surface area contributed by atoms with Crippen LogP contribution in [0.2, 0.25) is 0 Å². The van der Waals surface area contributed by atoms with E-state index in [0.29, 0.717) is 0 Å². The molecule has 0 fully saturated rings. The maximum atomic E-state index is 11.2. The van der Waals surface area contributed by atoms with Gasteiger partial charge >= 0.3 is 5.97 Å². The number of carboxylic acid groups (broad SMARTS) is 1. The van der Waals surface area contributed by atoms with Crippen LogP contribution in [0.5, 0.6) is 0 Å². The average molecular weight is 230 g/mol. The fourth-order valence-electron chi connectivity index (χ4n) is 1.42. The first-order valence-electron chi connectivity index (χ1n) is 4.09. The second kappa shape index (κ2) is 3.63. The predicted octanol–water partition coefficient (Wildman–Crippen LogP) is 0.770. The lowest BCUT2D eigenvalue weighted by Gasteiger charge is -2.25. The van der Waals surface area contributed by atoms with Gasteiger partial charge in [0.1, 0.15) is 0 Å². The molecule has 0 saturated carbocycles. The fraction of sp³-hybridized carbons (Fsp3) is 0.222. The summed E-state index contributed by atoms with van der Waals surface area (Å²) in [6.45, 7) is 1.50. The molecular weight excluding hydrogens is 220 g/mol. The Balaban J connectivity index is 3.56. The largest absolute Gasteiger partial charge is 0.480 e. The van der Waals surface area contributed by atoms with Crippen molar-refractivity contribution in [1.29, 1.82) is 0 Å². The molecule has 82 valence electrons. The minimum Gasteiger partial charge on any atom is -0.480 e. The fourth-order valence-corrected chi connectivity index (χ4v) is 2.38. The van der Waals surface area contributed by atoms with Crippen molar-refractivity contribution in [2.24, 2.45) is 0 Å². The molecule has 0 aromatic heterocycles. The van der Waals surface area contributed by atoms with Crippen LogP contribution in [-0.2, 0) is 14.9 Å². The first-order chi connectivity index (χ1) is 6.86. The van der Waals surface area contributed by atoms with Crippen molar-refractivity contribution < 1.29 is 22.9 Å². The lowest BCUT2D eigenvalue weighted by atomic mass is 9.93. The molecule has 6 heteroatoms. The molecule has 1 aliphatic carbocycles. The van der Waals surface area contributed by atoms with E-state index in [4.69, 9.17) is 9.66 Å². The third kappa shape index (κ3) is 1.62. The molecule has 0 radical (unpaired) electrons. The second-order valence-corrected chi connectivity index (χ2v) is 4.57. The zero-order valence-corrected chi connectivity index (χ0v) is 8.73. The van der Waals surface area contributed by atoms with E-state index in [1.165, 1.54) is 31.2 Å². The van der Waals surface area contributed by atoms with E-state index >= 15 is 0 Å². The van der Waals surface area contributed by atoms with Crippen LogP contribution in [0.1, 0.15) is 6.92 Å². The van der Waals surface area contributed by atoms with Crippen LogP contribution in [0.25, 0.3) is 0 Å². The van der Waals surface area contributed by atoms with Crippen molar-refractivity contribution in [1.82, 2.24) is 0 Å². The van der Waals surface area contributed by atoms with Gasteiger partial charge in [0.2, 0.25) is 4.75 Å². The van der Waals surface area contributed by atoms with Gasteiger partial charge in [0, 0.05) is 0 Å². The second-order valence-electron chi connectivity index (χ2n) is 2.98. The van der Waals surface area contributed by atoms with Crippen molar-refractivity contribution in [3.05, 3.63) is 36.0 Å². The van der Waals surface area contributed by atoms with Crippen molar-refractivity contribution in [2.75, 3.05) is 0 Å². The van der Waals surface area contributed by atoms with Gasteiger partial charge < -0.3 is 5.11 Å². The van der Waals surface area contributed by atoms with E-state index in [0.717, 1.165) is 6.08 Å². The van der Waals surface area contributed by atoms with Crippen molar-refractivity contribution in [3.63, 3.8) is 0 Å². The highest BCUT2D eigenvalue weighted by molar-refractivity contribution is 7.88. The highest BCUT2D eigenvalue weighted by Crippen LogP contribution is 2.31. The van der Waals surface area contributed by atoms with Crippen LogP contribution in [0.15, 0.2) is 36.0 Å². The van der Waals surface area contributed by atoms with Gasteiger partial charge in [-0.2, -0.15) is 8.42 Å². The molecule has 15 heavy (non-hydrogen) atoms. The van der Waals surface area contributed by atoms with Crippen molar-refractivity contribution >= 4 is 16.1 Å². The summed E-state index contributed by atoms with van der Waals surface area (Å²) >= 11 is 0. The first-order valence-corrected chi connectivity index (χ1v) is 5.53. The molecule has 1 aliphatic rings. The Hall–Kier alpha value is -1.40. The lowest BCUT2D eigenvalue weighted by Crippen LogP contribution is -2.46. The number of rotatable bonds is 2. The van der Waals surface area contributed by atoms with E-state index in [2.05, 4.69) is 0 Å². The van der Waals surface area contributed by atoms with Gasteiger partial charge in [0.15, 0.2) is 0 Å². The number of hydrogen-bond donors (Lipinski definition) is 2. The monoisotopic (exact) mass is 230 g/mol. The number of carbonyl (C=O) groups is 1. The summed E-state index contributed by atoms with van der Waals surface area (Å²) in [6.07, 6.45) is 6.39. The molecule has 0 aromatic rings. The molecule has 5 nitrogen and oxygen atoms in total. The third-order valence-corrected chi connectivity index (χ3v) is 3.54. The van der Waals surface area contributed by atoms with E-state index in [9.17, 15) is 13.2 Å². The maximum Gasteiger partial charge on any atom is 0.336 e. The first kappa shape index (κ1) is 11.7. The van der Waals surface area contributed by atoms with Gasteiger partial charge in [-0.3, -0.25) is 4.55 Å². The summed E-state index contributed by atoms with van der Waals surface area (Å²) in [4.78, 5) is 11.0. The summed E-state index contributed by atoms with van der Waals surface area (Å²) in [5.74, 6) is -1.63. The summed E-state index contributed by atoms with van der Waals surface area (Å²) in [5, 5.41) is 8.96. The van der Waals surface area contributed by atoms with Gasteiger partial charge in [0.05, 0.1) is 0 Å². The minimum atomic E-state index is -4.75. The van der Waals surface area contributed by atoms with Crippen molar-refractivity contribution in [2.45, 2.75) is 11.7 Å². The van der Waals surface area contributed by atoms with Gasteiger partial charge in [-0.05, 0) is 18.6 Å². The van der Waals surface area contributed by atoms with Gasteiger partial charge in [0.25, 0.3) is 10.1 Å². The van der Waals surface area contributed by atoms with Crippen LogP contribution in [0.3, 0.4) is 0 Å². The molecule has 0 bridgehead atoms. The highest BCUT2D eigenvalue weighted by Gasteiger charge is 2.51. The standard InChI is InChI=1S/C9H10O5S/c1-2-7-5-3-4-6-9(7,8(10)11)15(12,13)14/h2-6H,1H3,(H,10,11)(H,12,13,14). The Morgan fingerprint density at radius 3 is 2.40 bits per heavy atom. The Labute approximate surface area is 87.2 Å². The van der Waals surface area contributed by atoms with Gasteiger partial charge in [-0.15, -0.1) is 0 Å². The number of hydrogen-bond acceptors (Lipinski definition) is 3. The molecule has 1 rings (SSSR count). The van der Waals surface area contributed by atoms with Crippen LogP contribution in [0, 0.1) is 0 Å². The van der Waals surface area contributed by atoms with Crippen LogP contribution in [-0.4, -0.2) is 28.8 Å². The Bertz CT molecular complexity index is 469. The Kier molecular flexibility index (Phi) is 2.83. The third-order valence-electron chi connectivity index (χ3n) is 2.18. The van der Waals surface area contributed by atoms with Crippen LogP contribution in [0.4, 0.5) is 0 Å². The average Bonchev–Trinajstić information content (AvgIpc) is 2.15. The molecule has 0 aromatic carbocycles. The molecule has 0 amide bonds. The topological polar surface area (TPSA) is 91.7 Å². The lowest BCUT2D eigenvalue weighted by molar-refractivity contribution is -0.137. The zero-order chi connectivity index (χ0) is 11.7. The molecule has 0 aliphatic heterocycles. The normalized spacial score (nSPS) is 28.3. The summed E-state index contributed by atoms with van der Waals surface area (Å²) < 4.78 is 29.0. The summed E-state index contributed by atoms with van der Waals surface area (Å²) in [6, 6.07) is 0. The smallest absolute Gasteiger partial charge is 0.336 e. The van der Waals surface area contributed by atoms with Gasteiger partial charge in [-0.25, -0.2) is 4.79 Å². The minimum absolute atomic E-state index is 0.0139. The molecule has 0 saturated heterocycles. The molecular formula is C9H10O5S. The maximum absolute atomic E-state index is 11.2. The van der Waals surface area contributed by atoms with Crippen molar-refractivity contribution in [3.8, 4) is 0 Å². The van der Waals surface area contributed by atoms with E-state index < -0.39 is 20.8 Å². The molecule has 1 unspecified atom stereocenters. The predicted molar refractivity (Wildman–Crippen MR) is 54.0 cm³/mol. The van der Waals surface area contributed by atoms with E-state index in [1.807, 2.05) is 0 Å². The van der Waals surface area contributed by atoms with Crippen LogP contribution < -0.4 is 0 Å². The molecule has 0 spiro atoms. The SMILES string of the molecule is CC=C1C=CC=CC1(C(=O)O)S(=O)(=O)O. The van der Waals surface area contributed by atoms with Crippen LogP contribution >= 0.6 is 0 Å².